The Bertz CT molecular complexity index is 482. The number of aliphatic imine (C=N–C) groups is 1. The highest BCUT2D eigenvalue weighted by molar-refractivity contribution is 8.13. The van der Waals surface area contributed by atoms with E-state index in [-0.39, 0.29) is 11.3 Å². The first-order chi connectivity index (χ1) is 11.2. The third kappa shape index (κ3) is 6.27. The van der Waals surface area contributed by atoms with Crippen LogP contribution in [0.25, 0.3) is 0 Å². The molecule has 2 aliphatic heterocycles. The monoisotopic (exact) mass is 356 g/mol. The number of hydrogen-bond acceptors (Lipinski definition) is 7. The predicted molar refractivity (Wildman–Crippen MR) is 97.5 cm³/mol. The lowest BCUT2D eigenvalue weighted by Crippen LogP contribution is -2.34. The van der Waals surface area contributed by atoms with E-state index < -0.39 is 6.10 Å². The number of aliphatic hydroxyl groups is 1. The van der Waals surface area contributed by atoms with Gasteiger partial charge in [-0.3, -0.25) is 4.79 Å². The molecular weight excluding hydrogens is 332 g/mol. The highest BCUT2D eigenvalue weighted by Gasteiger charge is 2.29. The van der Waals surface area contributed by atoms with E-state index in [4.69, 9.17) is 0 Å². The molecule has 0 spiro atoms. The van der Waals surface area contributed by atoms with Crippen molar-refractivity contribution in [2.75, 3.05) is 30.5 Å². The average molecular weight is 357 g/mol. The molecule has 1 saturated heterocycles. The van der Waals surface area contributed by atoms with Gasteiger partial charge in [-0.25, -0.2) is 4.99 Å². The average Bonchev–Trinajstić information content (AvgIpc) is 3.19. The van der Waals surface area contributed by atoms with Crippen molar-refractivity contribution >= 4 is 34.6 Å². The molecule has 0 unspecified atom stereocenters. The van der Waals surface area contributed by atoms with Crippen LogP contribution in [0.4, 0.5) is 4.79 Å². The summed E-state index contributed by atoms with van der Waals surface area (Å²) in [4.78, 5) is 18.0. The lowest BCUT2D eigenvalue weighted by atomic mass is 10.2. The molecule has 8 heteroatoms. The van der Waals surface area contributed by atoms with Crippen molar-refractivity contribution in [3.05, 3.63) is 12.2 Å². The van der Waals surface area contributed by atoms with E-state index in [1.54, 1.807) is 6.08 Å². The van der Waals surface area contributed by atoms with Crippen LogP contribution in [-0.2, 0) is 0 Å². The molecular formula is C15H24N4O2S2. The van der Waals surface area contributed by atoms with E-state index in [9.17, 15) is 9.90 Å². The predicted octanol–water partition coefficient (Wildman–Crippen LogP) is 3.19. The standard InChI is InChI=1S/C15H24N4O2S2/c1-2-13(20)6-5-12-10-23-15(21)19(12)7-9-22-8-3-4-14-16-11-17-18-14/h5-6,12-13,20H,2-4,7-11H2,1H3/b6-5+/t12-,13-/m0/s1. The van der Waals surface area contributed by atoms with Crippen LogP contribution in [0.15, 0.2) is 27.4 Å². The number of amidine groups is 1. The highest BCUT2D eigenvalue weighted by atomic mass is 32.2. The van der Waals surface area contributed by atoms with Crippen molar-refractivity contribution in [1.82, 2.24) is 4.90 Å². The minimum absolute atomic E-state index is 0.113. The van der Waals surface area contributed by atoms with Crippen molar-refractivity contribution in [1.29, 1.82) is 0 Å². The van der Waals surface area contributed by atoms with Gasteiger partial charge in [-0.2, -0.15) is 16.9 Å². The van der Waals surface area contributed by atoms with Crippen molar-refractivity contribution in [3.8, 4) is 0 Å². The van der Waals surface area contributed by atoms with Crippen LogP contribution in [0, 0.1) is 0 Å². The van der Waals surface area contributed by atoms with Crippen LogP contribution in [0.1, 0.15) is 26.2 Å². The number of hydrogen-bond donors (Lipinski definition) is 1. The van der Waals surface area contributed by atoms with E-state index in [0.717, 1.165) is 42.5 Å². The molecule has 0 radical (unpaired) electrons. The molecule has 0 bridgehead atoms. The van der Waals surface area contributed by atoms with Gasteiger partial charge in [0.2, 0.25) is 0 Å². The maximum atomic E-state index is 11.9. The molecule has 1 N–H and O–H groups in total. The van der Waals surface area contributed by atoms with Crippen LogP contribution in [-0.4, -0.2) is 63.7 Å². The Hall–Kier alpha value is -0.860. The Balaban J connectivity index is 1.63. The summed E-state index contributed by atoms with van der Waals surface area (Å²) in [6.07, 6.45) is 5.99. The molecule has 0 aromatic carbocycles. The molecule has 23 heavy (non-hydrogen) atoms. The molecule has 1 fully saturated rings. The molecule has 2 heterocycles. The van der Waals surface area contributed by atoms with Gasteiger partial charge in [0.25, 0.3) is 5.24 Å². The third-order valence-corrected chi connectivity index (χ3v) is 5.69. The Morgan fingerprint density at radius 3 is 3.13 bits per heavy atom. The summed E-state index contributed by atoms with van der Waals surface area (Å²) in [5, 5.41) is 17.5. The van der Waals surface area contributed by atoms with Gasteiger partial charge < -0.3 is 10.0 Å². The summed E-state index contributed by atoms with van der Waals surface area (Å²) in [6, 6.07) is 0.113. The van der Waals surface area contributed by atoms with Gasteiger partial charge in [0, 0.05) is 24.5 Å². The van der Waals surface area contributed by atoms with E-state index >= 15 is 0 Å². The van der Waals surface area contributed by atoms with Crippen LogP contribution in [0.3, 0.4) is 0 Å². The Morgan fingerprint density at radius 1 is 1.52 bits per heavy atom. The van der Waals surface area contributed by atoms with Crippen molar-refractivity contribution in [3.63, 3.8) is 0 Å². The minimum atomic E-state index is -0.414. The zero-order valence-electron chi connectivity index (χ0n) is 13.4. The van der Waals surface area contributed by atoms with E-state index in [1.165, 1.54) is 11.8 Å². The van der Waals surface area contributed by atoms with E-state index in [2.05, 4.69) is 15.2 Å². The molecule has 2 rings (SSSR count). The highest BCUT2D eigenvalue weighted by Crippen LogP contribution is 2.25. The van der Waals surface area contributed by atoms with Gasteiger partial charge >= 0.3 is 0 Å². The lowest BCUT2D eigenvalue weighted by Gasteiger charge is -2.21. The quantitative estimate of drug-likeness (QED) is 0.482. The Morgan fingerprint density at radius 2 is 2.39 bits per heavy atom. The van der Waals surface area contributed by atoms with Gasteiger partial charge in [0.05, 0.1) is 12.1 Å². The number of carbonyl (C=O) groups excluding carboxylic acids is 1. The first-order valence-corrected chi connectivity index (χ1v) is 10.1. The minimum Gasteiger partial charge on any atom is -0.389 e. The van der Waals surface area contributed by atoms with E-state index in [1.807, 2.05) is 29.7 Å². The molecule has 0 aliphatic carbocycles. The molecule has 0 saturated carbocycles. The second-order valence-corrected chi connectivity index (χ2v) is 7.57. The summed E-state index contributed by atoms with van der Waals surface area (Å²) in [5.41, 5.74) is 0. The van der Waals surface area contributed by atoms with Crippen molar-refractivity contribution in [2.45, 2.75) is 38.3 Å². The van der Waals surface area contributed by atoms with Crippen LogP contribution >= 0.6 is 23.5 Å². The number of rotatable bonds is 10. The second-order valence-electron chi connectivity index (χ2n) is 5.37. The molecule has 128 valence electrons. The zero-order chi connectivity index (χ0) is 16.5. The van der Waals surface area contributed by atoms with Crippen LogP contribution in [0.5, 0.6) is 0 Å². The van der Waals surface area contributed by atoms with Crippen molar-refractivity contribution in [2.24, 2.45) is 15.2 Å². The van der Waals surface area contributed by atoms with Gasteiger partial charge in [0.1, 0.15) is 5.84 Å². The first kappa shape index (κ1) is 18.5. The molecule has 0 aromatic heterocycles. The van der Waals surface area contributed by atoms with Gasteiger partial charge in [-0.15, -0.1) is 5.11 Å². The molecule has 0 aromatic rings. The maximum absolute atomic E-state index is 11.9. The number of carbonyl (C=O) groups is 1. The number of nitrogens with zero attached hydrogens (tertiary/aromatic N) is 4. The summed E-state index contributed by atoms with van der Waals surface area (Å²) in [5.74, 6) is 3.61. The van der Waals surface area contributed by atoms with Crippen LogP contribution < -0.4 is 0 Å². The molecule has 2 aliphatic rings. The fourth-order valence-electron chi connectivity index (χ4n) is 2.26. The second kappa shape index (κ2) is 10.1. The largest absolute Gasteiger partial charge is 0.389 e. The number of azo groups is 1. The molecule has 6 nitrogen and oxygen atoms in total. The summed E-state index contributed by atoms with van der Waals surface area (Å²) in [7, 11) is 0. The Labute approximate surface area is 145 Å². The van der Waals surface area contributed by atoms with Gasteiger partial charge in [-0.1, -0.05) is 30.8 Å². The molecule has 1 amide bonds. The van der Waals surface area contributed by atoms with Crippen molar-refractivity contribution < 1.29 is 9.90 Å². The lowest BCUT2D eigenvalue weighted by molar-refractivity contribution is 0.214. The zero-order valence-corrected chi connectivity index (χ0v) is 15.1. The third-order valence-electron chi connectivity index (χ3n) is 3.65. The fraction of sp³-hybridized carbons (Fsp3) is 0.733. The number of aliphatic hydroxyl groups excluding tert-OH is 1. The topological polar surface area (TPSA) is 77.6 Å². The van der Waals surface area contributed by atoms with Crippen LogP contribution in [0.2, 0.25) is 0 Å². The maximum Gasteiger partial charge on any atom is 0.282 e. The SMILES string of the molecule is CC[C@H](O)/C=C/[C@H]1CSC(=O)N1CCSCCCC1=NCN=N1. The van der Waals surface area contributed by atoms with Gasteiger partial charge in [-0.05, 0) is 18.6 Å². The van der Waals surface area contributed by atoms with Gasteiger partial charge in [0.15, 0.2) is 6.67 Å². The Kier molecular flexibility index (Phi) is 8.11. The molecule has 2 atom stereocenters. The summed E-state index contributed by atoms with van der Waals surface area (Å²) < 4.78 is 0. The fourth-order valence-corrected chi connectivity index (χ4v) is 4.13. The van der Waals surface area contributed by atoms with E-state index in [0.29, 0.717) is 13.1 Å². The first-order valence-electron chi connectivity index (χ1n) is 7.99. The smallest absolute Gasteiger partial charge is 0.282 e. The number of thioether (sulfide) groups is 2. The summed E-state index contributed by atoms with van der Waals surface area (Å²) in [6.45, 7) is 3.18. The number of amides is 1. The summed E-state index contributed by atoms with van der Waals surface area (Å²) >= 11 is 3.22. The normalized spacial score (nSPS) is 22.3.